The first kappa shape index (κ1) is 10.4. The fourth-order valence-corrected chi connectivity index (χ4v) is 2.31. The smallest absolute Gasteiger partial charge is 0.357 e. The number of carboxylic acid groups (broad SMARTS) is 1. The Morgan fingerprint density at radius 3 is 3.07 bits per heavy atom. The van der Waals surface area contributed by atoms with Crippen molar-refractivity contribution in [3.05, 3.63) is 11.2 Å². The van der Waals surface area contributed by atoms with E-state index in [1.54, 1.807) is 7.11 Å². The molecule has 0 spiro atoms. The van der Waals surface area contributed by atoms with Crippen molar-refractivity contribution in [3.63, 3.8) is 0 Å². The zero-order chi connectivity index (χ0) is 10.8. The van der Waals surface area contributed by atoms with E-state index in [1.165, 1.54) is 16.8 Å². The van der Waals surface area contributed by atoms with E-state index in [4.69, 9.17) is 9.84 Å². The molecule has 0 unspecified atom stereocenters. The monoisotopic (exact) mass is 228 g/mol. The number of ether oxygens (including phenoxy) is 1. The van der Waals surface area contributed by atoms with Crippen LogP contribution in [0.4, 0.5) is 5.00 Å². The number of anilines is 1. The largest absolute Gasteiger partial charge is 0.476 e. The lowest BCUT2D eigenvalue weighted by molar-refractivity contribution is 0.0329. The second-order valence-corrected chi connectivity index (χ2v) is 4.36. The molecule has 1 fully saturated rings. The minimum absolute atomic E-state index is 0.112. The van der Waals surface area contributed by atoms with E-state index in [9.17, 15) is 4.79 Å². The molecule has 2 N–H and O–H groups in total. The molecular formula is C9H12N2O3S. The first-order chi connectivity index (χ1) is 7.20. The minimum Gasteiger partial charge on any atom is -0.476 e. The SMILES string of the molecule is COC1CC(Nc2scnc2C(=O)O)C1. The highest BCUT2D eigenvalue weighted by Gasteiger charge is 2.30. The summed E-state index contributed by atoms with van der Waals surface area (Å²) in [4.78, 5) is 14.6. The summed E-state index contributed by atoms with van der Waals surface area (Å²) < 4.78 is 5.14. The van der Waals surface area contributed by atoms with Crippen LogP contribution in [0.5, 0.6) is 0 Å². The van der Waals surface area contributed by atoms with Gasteiger partial charge in [0.05, 0.1) is 11.6 Å². The maximum absolute atomic E-state index is 10.8. The number of aromatic carboxylic acids is 1. The second kappa shape index (κ2) is 4.16. The summed E-state index contributed by atoms with van der Waals surface area (Å²) in [5.41, 5.74) is 1.65. The van der Waals surface area contributed by atoms with E-state index < -0.39 is 5.97 Å². The summed E-state index contributed by atoms with van der Waals surface area (Å²) in [6.07, 6.45) is 2.16. The average Bonchev–Trinajstić information content (AvgIpc) is 2.58. The average molecular weight is 228 g/mol. The van der Waals surface area contributed by atoms with Crippen LogP contribution in [0.3, 0.4) is 0 Å². The molecule has 1 aliphatic carbocycles. The van der Waals surface area contributed by atoms with Gasteiger partial charge >= 0.3 is 5.97 Å². The van der Waals surface area contributed by atoms with Gasteiger partial charge in [-0.15, -0.1) is 11.3 Å². The lowest BCUT2D eigenvalue weighted by Crippen LogP contribution is -2.40. The third-order valence-corrected chi connectivity index (χ3v) is 3.29. The third-order valence-electron chi connectivity index (χ3n) is 2.53. The molecule has 0 aliphatic heterocycles. The number of rotatable bonds is 4. The number of methoxy groups -OCH3 is 1. The van der Waals surface area contributed by atoms with Crippen molar-refractivity contribution >= 4 is 22.3 Å². The number of hydrogen-bond acceptors (Lipinski definition) is 5. The molecule has 1 heterocycles. The lowest BCUT2D eigenvalue weighted by Gasteiger charge is -2.34. The molecule has 1 saturated carbocycles. The van der Waals surface area contributed by atoms with E-state index in [0.29, 0.717) is 17.1 Å². The van der Waals surface area contributed by atoms with E-state index >= 15 is 0 Å². The topological polar surface area (TPSA) is 71.5 Å². The number of carbonyl (C=O) groups is 1. The number of aromatic nitrogens is 1. The molecule has 0 aromatic carbocycles. The van der Waals surface area contributed by atoms with Crippen LogP contribution >= 0.6 is 11.3 Å². The van der Waals surface area contributed by atoms with Gasteiger partial charge in [0.25, 0.3) is 0 Å². The molecule has 0 radical (unpaired) electrons. The molecule has 1 aromatic heterocycles. The zero-order valence-corrected chi connectivity index (χ0v) is 9.08. The van der Waals surface area contributed by atoms with Crippen LogP contribution in [0.25, 0.3) is 0 Å². The number of carboxylic acids is 1. The Morgan fingerprint density at radius 1 is 1.73 bits per heavy atom. The second-order valence-electron chi connectivity index (χ2n) is 3.51. The van der Waals surface area contributed by atoms with Crippen LogP contribution in [0.15, 0.2) is 5.51 Å². The maximum atomic E-state index is 10.8. The van der Waals surface area contributed by atoms with Gasteiger partial charge in [-0.25, -0.2) is 9.78 Å². The van der Waals surface area contributed by atoms with Crippen molar-refractivity contribution in [3.8, 4) is 0 Å². The molecule has 0 saturated heterocycles. The maximum Gasteiger partial charge on any atom is 0.357 e. The van der Waals surface area contributed by atoms with Gasteiger partial charge in [-0.05, 0) is 12.8 Å². The van der Waals surface area contributed by atoms with Gasteiger partial charge in [-0.3, -0.25) is 0 Å². The zero-order valence-electron chi connectivity index (χ0n) is 8.27. The molecule has 0 atom stereocenters. The minimum atomic E-state index is -0.985. The summed E-state index contributed by atoms with van der Waals surface area (Å²) >= 11 is 1.32. The van der Waals surface area contributed by atoms with Crippen molar-refractivity contribution in [2.75, 3.05) is 12.4 Å². The predicted molar refractivity (Wildman–Crippen MR) is 56.5 cm³/mol. The molecule has 6 heteroatoms. The summed E-state index contributed by atoms with van der Waals surface area (Å²) in [6, 6.07) is 0.313. The normalized spacial score (nSPS) is 24.6. The van der Waals surface area contributed by atoms with Gasteiger partial charge in [0.1, 0.15) is 5.00 Å². The van der Waals surface area contributed by atoms with Crippen molar-refractivity contribution in [1.29, 1.82) is 0 Å². The first-order valence-corrected chi connectivity index (χ1v) is 5.54. The van der Waals surface area contributed by atoms with E-state index in [-0.39, 0.29) is 5.69 Å². The van der Waals surface area contributed by atoms with Crippen LogP contribution in [0.1, 0.15) is 23.3 Å². The Hall–Kier alpha value is -1.14. The van der Waals surface area contributed by atoms with Gasteiger partial charge in [-0.1, -0.05) is 0 Å². The molecule has 5 nitrogen and oxygen atoms in total. The number of thiazole rings is 1. The Balaban J connectivity index is 1.94. The molecule has 0 bridgehead atoms. The standard InChI is InChI=1S/C9H12N2O3S/c1-14-6-2-5(3-6)11-8-7(9(12)13)10-4-15-8/h4-6,11H,2-3H2,1H3,(H,12,13). The van der Waals surface area contributed by atoms with Gasteiger partial charge in [0, 0.05) is 13.2 Å². The van der Waals surface area contributed by atoms with Crippen LogP contribution in [0.2, 0.25) is 0 Å². The van der Waals surface area contributed by atoms with Gasteiger partial charge < -0.3 is 15.2 Å². The Labute approximate surface area is 91.1 Å². The summed E-state index contributed by atoms with van der Waals surface area (Å²) in [7, 11) is 1.69. The Kier molecular flexibility index (Phi) is 2.88. The summed E-state index contributed by atoms with van der Waals surface area (Å²) in [5.74, 6) is -0.985. The molecule has 1 aliphatic rings. The molecular weight excluding hydrogens is 216 g/mol. The molecule has 2 rings (SSSR count). The number of hydrogen-bond donors (Lipinski definition) is 2. The van der Waals surface area contributed by atoms with Gasteiger partial charge in [0.15, 0.2) is 5.69 Å². The van der Waals surface area contributed by atoms with E-state index in [0.717, 1.165) is 12.8 Å². The van der Waals surface area contributed by atoms with Crippen LogP contribution in [0, 0.1) is 0 Å². The summed E-state index contributed by atoms with van der Waals surface area (Å²) in [5, 5.41) is 12.6. The fraction of sp³-hybridized carbons (Fsp3) is 0.556. The number of nitrogens with zero attached hydrogens (tertiary/aromatic N) is 1. The van der Waals surface area contributed by atoms with Crippen molar-refractivity contribution in [1.82, 2.24) is 4.98 Å². The van der Waals surface area contributed by atoms with E-state index in [2.05, 4.69) is 10.3 Å². The van der Waals surface area contributed by atoms with Crippen LogP contribution < -0.4 is 5.32 Å². The fourth-order valence-electron chi connectivity index (χ4n) is 1.56. The van der Waals surface area contributed by atoms with Crippen molar-refractivity contribution in [2.24, 2.45) is 0 Å². The summed E-state index contributed by atoms with van der Waals surface area (Å²) in [6.45, 7) is 0. The van der Waals surface area contributed by atoms with Gasteiger partial charge in [0.2, 0.25) is 0 Å². The van der Waals surface area contributed by atoms with Crippen LogP contribution in [-0.2, 0) is 4.74 Å². The quantitative estimate of drug-likeness (QED) is 0.815. The molecule has 1 aromatic rings. The highest BCUT2D eigenvalue weighted by molar-refractivity contribution is 7.14. The van der Waals surface area contributed by atoms with Crippen molar-refractivity contribution in [2.45, 2.75) is 25.0 Å². The predicted octanol–water partition coefficient (Wildman–Crippen LogP) is 1.43. The molecule has 0 amide bonds. The van der Waals surface area contributed by atoms with Gasteiger partial charge in [-0.2, -0.15) is 0 Å². The lowest BCUT2D eigenvalue weighted by atomic mass is 9.89. The molecule has 15 heavy (non-hydrogen) atoms. The Morgan fingerprint density at radius 2 is 2.47 bits per heavy atom. The van der Waals surface area contributed by atoms with Crippen LogP contribution in [-0.4, -0.2) is 35.3 Å². The Bertz CT molecular complexity index is 360. The van der Waals surface area contributed by atoms with Crippen molar-refractivity contribution < 1.29 is 14.6 Å². The number of nitrogens with one attached hydrogen (secondary N) is 1. The van der Waals surface area contributed by atoms with E-state index in [1.807, 2.05) is 0 Å². The third kappa shape index (κ3) is 2.10. The first-order valence-electron chi connectivity index (χ1n) is 4.66. The molecule has 82 valence electrons. The highest BCUT2D eigenvalue weighted by atomic mass is 32.1. The highest BCUT2D eigenvalue weighted by Crippen LogP contribution is 2.29.